The summed E-state index contributed by atoms with van der Waals surface area (Å²) in [6, 6.07) is 4.72. The number of likely N-dealkylation sites (tertiary alicyclic amines) is 1. The maximum atomic E-state index is 12.9. The lowest BCUT2D eigenvalue weighted by Crippen LogP contribution is -2.57. The summed E-state index contributed by atoms with van der Waals surface area (Å²) < 4.78 is 0. The first-order valence-corrected chi connectivity index (χ1v) is 9.08. The number of nitrogens with zero attached hydrogens (tertiary/aromatic N) is 3. The van der Waals surface area contributed by atoms with Gasteiger partial charge >= 0.3 is 0 Å². The Bertz CT molecular complexity index is 721. The zero-order chi connectivity index (χ0) is 18.7. The largest absolute Gasteiger partial charge is 0.337 e. The number of piperazine rings is 1. The van der Waals surface area contributed by atoms with Crippen LogP contribution in [0.25, 0.3) is 0 Å². The fourth-order valence-electron chi connectivity index (χ4n) is 3.75. The molecule has 1 N–H and O–H groups in total. The highest BCUT2D eigenvalue weighted by Gasteiger charge is 2.32. The summed E-state index contributed by atoms with van der Waals surface area (Å²) >= 11 is 0. The minimum Gasteiger partial charge on any atom is -0.337 e. The number of carbonyl (C=O) groups excluding carboxylic acids is 2. The van der Waals surface area contributed by atoms with E-state index in [1.54, 1.807) is 17.0 Å². The van der Waals surface area contributed by atoms with Crippen molar-refractivity contribution in [2.24, 2.45) is 0 Å². The fraction of sp³-hybridized carbons (Fsp3) is 0.556. The molecule has 2 amide bonds. The van der Waals surface area contributed by atoms with E-state index in [1.165, 1.54) is 6.07 Å². The Morgan fingerprint density at radius 1 is 1.38 bits per heavy atom. The van der Waals surface area contributed by atoms with Crippen LogP contribution < -0.4 is 5.32 Å². The number of nitrogens with one attached hydrogen (secondary N) is 1. The Morgan fingerprint density at radius 3 is 2.88 bits per heavy atom. The molecule has 2 aliphatic heterocycles. The van der Waals surface area contributed by atoms with Gasteiger partial charge in [0.2, 0.25) is 5.91 Å². The Morgan fingerprint density at radius 2 is 2.19 bits per heavy atom. The molecule has 1 aromatic rings. The fourth-order valence-corrected chi connectivity index (χ4v) is 3.75. The Balaban J connectivity index is 1.76. The van der Waals surface area contributed by atoms with Crippen LogP contribution in [0.3, 0.4) is 0 Å². The van der Waals surface area contributed by atoms with E-state index in [0.717, 1.165) is 19.4 Å². The molecule has 0 radical (unpaired) electrons. The van der Waals surface area contributed by atoms with Crippen LogP contribution in [0.15, 0.2) is 18.2 Å². The van der Waals surface area contributed by atoms with Crippen LogP contribution in [0.1, 0.15) is 35.7 Å². The predicted molar refractivity (Wildman–Crippen MR) is 96.0 cm³/mol. The number of hydrogen-bond acceptors (Lipinski definition) is 5. The maximum Gasteiger partial charge on any atom is 0.273 e. The van der Waals surface area contributed by atoms with Crippen molar-refractivity contribution in [2.75, 3.05) is 32.7 Å². The van der Waals surface area contributed by atoms with Crippen LogP contribution >= 0.6 is 0 Å². The molecule has 0 aliphatic carbocycles. The van der Waals surface area contributed by atoms with Crippen molar-refractivity contribution >= 4 is 17.5 Å². The van der Waals surface area contributed by atoms with E-state index < -0.39 is 4.92 Å². The number of aryl methyl sites for hydroxylation is 1. The number of carbonyl (C=O) groups is 2. The van der Waals surface area contributed by atoms with E-state index in [9.17, 15) is 19.7 Å². The molecule has 0 aromatic heterocycles. The smallest absolute Gasteiger partial charge is 0.273 e. The second kappa shape index (κ2) is 7.82. The molecular formula is C18H24N4O4. The highest BCUT2D eigenvalue weighted by molar-refractivity contribution is 5.95. The Labute approximate surface area is 152 Å². The first kappa shape index (κ1) is 18.3. The van der Waals surface area contributed by atoms with E-state index >= 15 is 0 Å². The van der Waals surface area contributed by atoms with E-state index in [2.05, 4.69) is 5.32 Å². The quantitative estimate of drug-likeness (QED) is 0.643. The number of benzene rings is 1. The highest BCUT2D eigenvalue weighted by atomic mass is 16.6. The lowest BCUT2D eigenvalue weighted by molar-refractivity contribution is -0.385. The summed E-state index contributed by atoms with van der Waals surface area (Å²) in [6.45, 7) is 4.70. The van der Waals surface area contributed by atoms with Crippen LogP contribution in [-0.4, -0.2) is 65.3 Å². The van der Waals surface area contributed by atoms with Gasteiger partial charge in [0.15, 0.2) is 0 Å². The summed E-state index contributed by atoms with van der Waals surface area (Å²) in [6.07, 6.45) is 2.24. The van der Waals surface area contributed by atoms with Gasteiger partial charge < -0.3 is 15.1 Å². The summed E-state index contributed by atoms with van der Waals surface area (Å²) in [7, 11) is 0. The summed E-state index contributed by atoms with van der Waals surface area (Å²) in [5, 5.41) is 14.3. The predicted octanol–water partition coefficient (Wildman–Crippen LogP) is 1.19. The van der Waals surface area contributed by atoms with Crippen LogP contribution in [0.2, 0.25) is 0 Å². The van der Waals surface area contributed by atoms with E-state index in [-0.39, 0.29) is 23.5 Å². The standard InChI is InChI=1S/C18H24N4O4/c1-2-13-5-6-14(10-16(13)22(25)26)18(24)20-8-3-4-15(12-20)21-9-7-19-11-17(21)23/h5-6,10,15,19H,2-4,7-9,11-12H2,1H3. The molecule has 1 aromatic carbocycles. The second-order valence-electron chi connectivity index (χ2n) is 6.77. The van der Waals surface area contributed by atoms with E-state index in [0.29, 0.717) is 43.7 Å². The molecule has 1 atom stereocenters. The third-order valence-electron chi connectivity index (χ3n) is 5.16. The molecule has 26 heavy (non-hydrogen) atoms. The minimum absolute atomic E-state index is 0.0100. The van der Waals surface area contributed by atoms with Gasteiger partial charge in [-0.1, -0.05) is 13.0 Å². The first-order chi connectivity index (χ1) is 12.5. The van der Waals surface area contributed by atoms with Crippen LogP contribution in [0.4, 0.5) is 5.69 Å². The van der Waals surface area contributed by atoms with Crippen LogP contribution in [-0.2, 0) is 11.2 Å². The number of rotatable bonds is 4. The molecule has 1 unspecified atom stereocenters. The van der Waals surface area contributed by atoms with Gasteiger partial charge in [0.05, 0.1) is 11.5 Å². The molecule has 8 nitrogen and oxygen atoms in total. The van der Waals surface area contributed by atoms with Crippen molar-refractivity contribution in [3.63, 3.8) is 0 Å². The minimum atomic E-state index is -0.436. The average molecular weight is 360 g/mol. The summed E-state index contributed by atoms with van der Waals surface area (Å²) in [5.41, 5.74) is 0.944. The molecule has 3 rings (SSSR count). The molecule has 2 saturated heterocycles. The molecule has 0 spiro atoms. The average Bonchev–Trinajstić information content (AvgIpc) is 2.67. The van der Waals surface area contributed by atoms with Crippen LogP contribution in [0.5, 0.6) is 0 Å². The lowest BCUT2D eigenvalue weighted by atomic mass is 10.0. The summed E-state index contributed by atoms with van der Waals surface area (Å²) in [4.78, 5) is 39.4. The van der Waals surface area contributed by atoms with Gasteiger partial charge in [-0.2, -0.15) is 0 Å². The molecule has 0 saturated carbocycles. The Kier molecular flexibility index (Phi) is 5.51. The molecule has 2 aliphatic rings. The molecule has 2 fully saturated rings. The van der Waals surface area contributed by atoms with Gasteiger partial charge in [-0.25, -0.2) is 0 Å². The normalized spacial score (nSPS) is 21.0. The van der Waals surface area contributed by atoms with Gasteiger partial charge in [0.1, 0.15) is 0 Å². The Hall–Kier alpha value is -2.48. The van der Waals surface area contributed by atoms with Crippen molar-refractivity contribution in [3.8, 4) is 0 Å². The maximum absolute atomic E-state index is 12.9. The molecule has 2 heterocycles. The third-order valence-corrected chi connectivity index (χ3v) is 5.16. The lowest BCUT2D eigenvalue weighted by Gasteiger charge is -2.41. The van der Waals surface area contributed by atoms with Crippen molar-refractivity contribution in [1.29, 1.82) is 0 Å². The van der Waals surface area contributed by atoms with E-state index in [1.807, 2.05) is 11.8 Å². The monoisotopic (exact) mass is 360 g/mol. The third kappa shape index (κ3) is 3.70. The molecular weight excluding hydrogens is 336 g/mol. The number of hydrogen-bond donors (Lipinski definition) is 1. The second-order valence-corrected chi connectivity index (χ2v) is 6.77. The molecule has 8 heteroatoms. The first-order valence-electron chi connectivity index (χ1n) is 9.08. The number of nitro groups is 1. The van der Waals surface area contributed by atoms with Crippen molar-refractivity contribution in [3.05, 3.63) is 39.4 Å². The number of amides is 2. The highest BCUT2D eigenvalue weighted by Crippen LogP contribution is 2.24. The van der Waals surface area contributed by atoms with Gasteiger partial charge in [-0.3, -0.25) is 19.7 Å². The van der Waals surface area contributed by atoms with Gasteiger partial charge in [0, 0.05) is 49.4 Å². The number of piperidine rings is 1. The van der Waals surface area contributed by atoms with Crippen molar-refractivity contribution in [1.82, 2.24) is 15.1 Å². The van der Waals surface area contributed by atoms with Gasteiger partial charge in [0.25, 0.3) is 11.6 Å². The van der Waals surface area contributed by atoms with Gasteiger partial charge in [-0.05, 0) is 25.3 Å². The van der Waals surface area contributed by atoms with Crippen LogP contribution in [0, 0.1) is 10.1 Å². The zero-order valence-corrected chi connectivity index (χ0v) is 14.9. The summed E-state index contributed by atoms with van der Waals surface area (Å²) in [5.74, 6) is -0.137. The van der Waals surface area contributed by atoms with Crippen molar-refractivity contribution in [2.45, 2.75) is 32.2 Å². The zero-order valence-electron chi connectivity index (χ0n) is 14.9. The van der Waals surface area contributed by atoms with E-state index in [4.69, 9.17) is 0 Å². The van der Waals surface area contributed by atoms with Crippen molar-refractivity contribution < 1.29 is 14.5 Å². The number of nitro benzene ring substituents is 1. The molecule has 140 valence electrons. The molecule has 0 bridgehead atoms. The topological polar surface area (TPSA) is 95.8 Å². The SMILES string of the molecule is CCc1ccc(C(=O)N2CCCC(N3CCNCC3=O)C2)cc1[N+](=O)[O-]. The van der Waals surface area contributed by atoms with Gasteiger partial charge in [-0.15, -0.1) is 0 Å².